The number of nitrogens with zero attached hydrogens (tertiary/aromatic N) is 3. The lowest BCUT2D eigenvalue weighted by atomic mass is 9.78. The third-order valence-corrected chi connectivity index (χ3v) is 8.57. The van der Waals surface area contributed by atoms with E-state index in [9.17, 15) is 9.59 Å². The van der Waals surface area contributed by atoms with Crippen LogP contribution in [0.2, 0.25) is 0 Å². The molecule has 2 aliphatic heterocycles. The number of ether oxygens (including phenoxy) is 2. The number of hydrogen-bond donors (Lipinski definition) is 0. The van der Waals surface area contributed by atoms with Crippen LogP contribution >= 0.6 is 0 Å². The molecule has 1 aromatic heterocycles. The number of aryl methyl sites for hydroxylation is 1. The number of piperidine rings is 2. The molecular weight excluding hydrogens is 466 g/mol. The monoisotopic (exact) mass is 505 g/mol. The highest BCUT2D eigenvalue weighted by atomic mass is 16.5. The zero-order chi connectivity index (χ0) is 25.9. The molecule has 198 valence electrons. The summed E-state index contributed by atoms with van der Waals surface area (Å²) in [7, 11) is 3.17. The highest BCUT2D eigenvalue weighted by Crippen LogP contribution is 2.37. The molecule has 3 heterocycles. The molecule has 2 atom stereocenters. The van der Waals surface area contributed by atoms with E-state index in [0.717, 1.165) is 49.2 Å². The Kier molecular flexibility index (Phi) is 7.68. The lowest BCUT2D eigenvalue weighted by Gasteiger charge is -2.44. The van der Waals surface area contributed by atoms with Crippen molar-refractivity contribution in [3.63, 3.8) is 0 Å². The van der Waals surface area contributed by atoms with Crippen LogP contribution in [0.4, 0.5) is 0 Å². The summed E-state index contributed by atoms with van der Waals surface area (Å²) in [5, 5.41) is 0. The Hall–Kier alpha value is -3.09. The number of carbonyl (C=O) groups is 2. The van der Waals surface area contributed by atoms with Crippen LogP contribution in [-0.2, 0) is 0 Å². The van der Waals surface area contributed by atoms with E-state index in [2.05, 4.69) is 4.90 Å². The molecule has 1 aromatic carbocycles. The molecule has 2 unspecified atom stereocenters. The Labute approximate surface area is 220 Å². The van der Waals surface area contributed by atoms with Gasteiger partial charge in [-0.2, -0.15) is 0 Å². The zero-order valence-corrected chi connectivity index (χ0v) is 22.4. The minimum absolute atomic E-state index is 0.0270. The summed E-state index contributed by atoms with van der Waals surface area (Å²) < 4.78 is 10.7. The highest BCUT2D eigenvalue weighted by Gasteiger charge is 2.37. The van der Waals surface area contributed by atoms with Gasteiger partial charge >= 0.3 is 0 Å². The maximum atomic E-state index is 13.9. The molecule has 0 N–H and O–H groups in total. The van der Waals surface area contributed by atoms with Gasteiger partial charge < -0.3 is 19.3 Å². The van der Waals surface area contributed by atoms with Crippen molar-refractivity contribution in [1.29, 1.82) is 0 Å². The second-order valence-electron chi connectivity index (χ2n) is 10.8. The predicted molar refractivity (Wildman–Crippen MR) is 142 cm³/mol. The van der Waals surface area contributed by atoms with Crippen molar-refractivity contribution in [2.75, 3.05) is 33.9 Å². The van der Waals surface area contributed by atoms with E-state index >= 15 is 0 Å². The van der Waals surface area contributed by atoms with Gasteiger partial charge in [0.15, 0.2) is 0 Å². The number of carbonyl (C=O) groups excluding carboxylic acids is 2. The molecule has 0 bridgehead atoms. The third-order valence-electron chi connectivity index (χ3n) is 8.57. The van der Waals surface area contributed by atoms with E-state index in [1.165, 1.54) is 25.7 Å². The van der Waals surface area contributed by atoms with Gasteiger partial charge in [0.25, 0.3) is 11.8 Å². The molecule has 37 heavy (non-hydrogen) atoms. The van der Waals surface area contributed by atoms with Crippen LogP contribution in [0.25, 0.3) is 0 Å². The number of likely N-dealkylation sites (tertiary alicyclic amines) is 2. The van der Waals surface area contributed by atoms with Crippen molar-refractivity contribution in [1.82, 2.24) is 14.8 Å². The number of fused-ring (bicyclic) bond motifs is 1. The lowest BCUT2D eigenvalue weighted by molar-refractivity contribution is 0.0387. The number of methoxy groups -OCH3 is 2. The summed E-state index contributed by atoms with van der Waals surface area (Å²) in [4.78, 5) is 36.2. The lowest BCUT2D eigenvalue weighted by Crippen LogP contribution is -2.50. The van der Waals surface area contributed by atoms with Gasteiger partial charge in [-0.05, 0) is 75.6 Å². The Balaban J connectivity index is 1.32. The van der Waals surface area contributed by atoms with E-state index in [4.69, 9.17) is 14.5 Å². The normalized spacial score (nSPS) is 22.4. The molecule has 2 amide bonds. The standard InChI is InChI=1S/C30H39N3O4/c1-20-10-11-26(30(35)33-14-6-8-21-7-4-5-9-27(21)33)28(31-20)22-12-15-32(16-13-22)29(34)23-17-24(36-2)19-25(18-23)37-3/h10-11,17-19,21-22,27H,4-9,12-16H2,1-3H3. The predicted octanol–water partition coefficient (Wildman–Crippen LogP) is 5.22. The van der Waals surface area contributed by atoms with Crippen LogP contribution < -0.4 is 9.47 Å². The number of rotatable bonds is 5. The molecule has 3 fully saturated rings. The van der Waals surface area contributed by atoms with Crippen molar-refractivity contribution in [2.24, 2.45) is 5.92 Å². The van der Waals surface area contributed by atoms with E-state index in [-0.39, 0.29) is 17.7 Å². The van der Waals surface area contributed by atoms with Gasteiger partial charge in [0.05, 0.1) is 25.5 Å². The molecular formula is C30H39N3O4. The van der Waals surface area contributed by atoms with Crippen LogP contribution in [0, 0.1) is 12.8 Å². The average Bonchev–Trinajstić information content (AvgIpc) is 2.95. The average molecular weight is 506 g/mol. The van der Waals surface area contributed by atoms with Gasteiger partial charge in [0, 0.05) is 48.9 Å². The molecule has 1 aliphatic carbocycles. The van der Waals surface area contributed by atoms with Crippen molar-refractivity contribution >= 4 is 11.8 Å². The third kappa shape index (κ3) is 5.32. The van der Waals surface area contributed by atoms with Gasteiger partial charge in [-0.25, -0.2) is 0 Å². The summed E-state index contributed by atoms with van der Waals surface area (Å²) in [5.41, 5.74) is 3.17. The molecule has 2 saturated heterocycles. The first kappa shape index (κ1) is 25.6. The number of benzene rings is 1. The van der Waals surface area contributed by atoms with Crippen LogP contribution in [0.5, 0.6) is 11.5 Å². The number of aromatic nitrogens is 1. The molecule has 1 saturated carbocycles. The first-order valence-electron chi connectivity index (χ1n) is 13.8. The summed E-state index contributed by atoms with van der Waals surface area (Å²) in [5.74, 6) is 2.14. The van der Waals surface area contributed by atoms with E-state index in [0.29, 0.717) is 42.1 Å². The summed E-state index contributed by atoms with van der Waals surface area (Å²) in [6, 6.07) is 9.62. The second-order valence-corrected chi connectivity index (χ2v) is 10.8. The Morgan fingerprint density at radius 2 is 1.51 bits per heavy atom. The van der Waals surface area contributed by atoms with Gasteiger partial charge in [-0.1, -0.05) is 12.8 Å². The quantitative estimate of drug-likeness (QED) is 0.557. The summed E-state index contributed by atoms with van der Waals surface area (Å²) >= 11 is 0. The van der Waals surface area contributed by atoms with Crippen LogP contribution in [0.15, 0.2) is 30.3 Å². The van der Waals surface area contributed by atoms with E-state index < -0.39 is 0 Å². The Morgan fingerprint density at radius 1 is 0.838 bits per heavy atom. The Bertz CT molecular complexity index is 1120. The molecule has 7 heteroatoms. The van der Waals surface area contributed by atoms with Crippen molar-refractivity contribution in [3.05, 3.63) is 52.8 Å². The van der Waals surface area contributed by atoms with E-state index in [1.807, 2.05) is 24.0 Å². The first-order valence-corrected chi connectivity index (χ1v) is 13.8. The van der Waals surface area contributed by atoms with Gasteiger partial charge in [0.2, 0.25) is 0 Å². The smallest absolute Gasteiger partial charge is 0.255 e. The largest absolute Gasteiger partial charge is 0.497 e. The molecule has 3 aliphatic rings. The number of amides is 2. The van der Waals surface area contributed by atoms with Gasteiger partial charge in [-0.3, -0.25) is 14.6 Å². The molecule has 5 rings (SSSR count). The molecule has 7 nitrogen and oxygen atoms in total. The van der Waals surface area contributed by atoms with Crippen molar-refractivity contribution < 1.29 is 19.1 Å². The van der Waals surface area contributed by atoms with Crippen molar-refractivity contribution in [3.8, 4) is 11.5 Å². The minimum atomic E-state index is -0.0270. The SMILES string of the molecule is COc1cc(OC)cc(C(=O)N2CCC(c3nc(C)ccc3C(=O)N3CCCC4CCCCC43)CC2)c1. The first-order chi connectivity index (χ1) is 18.0. The molecule has 0 spiro atoms. The molecule has 2 aromatic rings. The zero-order valence-electron chi connectivity index (χ0n) is 22.4. The Morgan fingerprint density at radius 3 is 2.22 bits per heavy atom. The second kappa shape index (κ2) is 11.1. The summed E-state index contributed by atoms with van der Waals surface area (Å²) in [6.45, 7) is 4.09. The van der Waals surface area contributed by atoms with Gasteiger partial charge in [0.1, 0.15) is 11.5 Å². The van der Waals surface area contributed by atoms with Crippen LogP contribution in [0.3, 0.4) is 0 Å². The maximum Gasteiger partial charge on any atom is 0.255 e. The summed E-state index contributed by atoms with van der Waals surface area (Å²) in [6.07, 6.45) is 8.80. The highest BCUT2D eigenvalue weighted by molar-refractivity contribution is 5.96. The van der Waals surface area contributed by atoms with Gasteiger partial charge in [-0.15, -0.1) is 0 Å². The van der Waals surface area contributed by atoms with Crippen molar-refractivity contribution in [2.45, 2.75) is 70.3 Å². The maximum absolute atomic E-state index is 13.9. The fourth-order valence-corrected chi connectivity index (χ4v) is 6.57. The van der Waals surface area contributed by atoms with Crippen LogP contribution in [0.1, 0.15) is 89.4 Å². The topological polar surface area (TPSA) is 72.0 Å². The van der Waals surface area contributed by atoms with Crippen LogP contribution in [-0.4, -0.2) is 66.5 Å². The van der Waals surface area contributed by atoms with E-state index in [1.54, 1.807) is 32.4 Å². The minimum Gasteiger partial charge on any atom is -0.497 e. The fraction of sp³-hybridized carbons (Fsp3) is 0.567. The number of hydrogen-bond acceptors (Lipinski definition) is 5. The number of pyridine rings is 1. The fourth-order valence-electron chi connectivity index (χ4n) is 6.57. The molecule has 0 radical (unpaired) electrons.